The van der Waals surface area contributed by atoms with Gasteiger partial charge in [0, 0.05) is 23.6 Å². The lowest BCUT2D eigenvalue weighted by atomic mass is 10.0. The van der Waals surface area contributed by atoms with Crippen molar-refractivity contribution in [2.45, 2.75) is 30.4 Å². The van der Waals surface area contributed by atoms with Gasteiger partial charge in [0.2, 0.25) is 0 Å². The van der Waals surface area contributed by atoms with Crippen molar-refractivity contribution in [1.82, 2.24) is 4.90 Å². The molecule has 2 aromatic carbocycles. The minimum atomic E-state index is -0.314. The number of benzene rings is 2. The van der Waals surface area contributed by atoms with Crippen LogP contribution in [0.2, 0.25) is 0 Å². The predicted octanol–water partition coefficient (Wildman–Crippen LogP) is 3.98. The minimum Gasteiger partial charge on any atom is -0.493 e. The van der Waals surface area contributed by atoms with Gasteiger partial charge in [-0.3, -0.25) is 4.79 Å². The van der Waals surface area contributed by atoms with Crippen LogP contribution in [0.3, 0.4) is 0 Å². The highest BCUT2D eigenvalue weighted by Gasteiger charge is 2.30. The number of carbonyl (C=O) groups excluding carboxylic acids is 1. The van der Waals surface area contributed by atoms with Gasteiger partial charge in [-0.15, -0.1) is 11.8 Å². The average Bonchev–Trinajstić information content (AvgIpc) is 3.19. The molecule has 4 rings (SSSR count). The molecule has 0 N–H and O–H groups in total. The van der Waals surface area contributed by atoms with E-state index in [-0.39, 0.29) is 12.0 Å². The van der Waals surface area contributed by atoms with E-state index in [9.17, 15) is 4.79 Å². The molecule has 148 valence electrons. The van der Waals surface area contributed by atoms with E-state index in [1.165, 1.54) is 4.90 Å². The quantitative estimate of drug-likeness (QED) is 0.728. The van der Waals surface area contributed by atoms with Crippen LogP contribution >= 0.6 is 11.8 Å². The summed E-state index contributed by atoms with van der Waals surface area (Å²) in [5.74, 6) is 1.49. The van der Waals surface area contributed by atoms with Crippen LogP contribution in [-0.4, -0.2) is 50.0 Å². The van der Waals surface area contributed by atoms with E-state index in [0.29, 0.717) is 32.1 Å². The van der Waals surface area contributed by atoms with Crippen LogP contribution in [0.1, 0.15) is 18.4 Å². The number of rotatable bonds is 4. The number of carbonyl (C=O) groups is 1. The molecule has 0 saturated carbocycles. The van der Waals surface area contributed by atoms with E-state index in [2.05, 4.69) is 36.6 Å². The molecular weight excluding hydrogens is 374 g/mol. The smallest absolute Gasteiger partial charge is 0.252 e. The van der Waals surface area contributed by atoms with Gasteiger partial charge < -0.3 is 19.1 Å². The third-order valence-corrected chi connectivity index (χ3v) is 6.00. The molecule has 1 amide bonds. The Bertz CT molecular complexity index is 846. The molecule has 2 heterocycles. The van der Waals surface area contributed by atoms with Crippen LogP contribution in [-0.2, 0) is 16.1 Å². The topological polar surface area (TPSA) is 48.0 Å². The SMILES string of the molecule is COc1cc(-c2ccc(SC)cc2)cc2c1OCCN(C(=O)[C@H]1CCCO1)C2. The highest BCUT2D eigenvalue weighted by molar-refractivity contribution is 7.98. The summed E-state index contributed by atoms with van der Waals surface area (Å²) in [7, 11) is 1.65. The van der Waals surface area contributed by atoms with Gasteiger partial charge in [-0.2, -0.15) is 0 Å². The summed E-state index contributed by atoms with van der Waals surface area (Å²) >= 11 is 1.72. The first-order valence-electron chi connectivity index (χ1n) is 9.58. The molecule has 0 bridgehead atoms. The summed E-state index contributed by atoms with van der Waals surface area (Å²) in [5, 5.41) is 0. The number of thioether (sulfide) groups is 1. The van der Waals surface area contributed by atoms with Crippen molar-refractivity contribution in [3.8, 4) is 22.6 Å². The number of fused-ring (bicyclic) bond motifs is 1. The van der Waals surface area contributed by atoms with Gasteiger partial charge in [-0.05, 0) is 54.5 Å². The van der Waals surface area contributed by atoms with Gasteiger partial charge in [-0.1, -0.05) is 12.1 Å². The minimum absolute atomic E-state index is 0.0580. The molecule has 1 saturated heterocycles. The monoisotopic (exact) mass is 399 g/mol. The van der Waals surface area contributed by atoms with Gasteiger partial charge in [0.25, 0.3) is 5.91 Å². The van der Waals surface area contributed by atoms with Crippen molar-refractivity contribution in [2.24, 2.45) is 0 Å². The van der Waals surface area contributed by atoms with Gasteiger partial charge in [0.1, 0.15) is 12.7 Å². The van der Waals surface area contributed by atoms with Crippen LogP contribution in [0.25, 0.3) is 11.1 Å². The Morgan fingerprint density at radius 1 is 1.18 bits per heavy atom. The maximum absolute atomic E-state index is 12.9. The summed E-state index contributed by atoms with van der Waals surface area (Å²) in [6, 6.07) is 12.6. The highest BCUT2D eigenvalue weighted by atomic mass is 32.2. The molecule has 0 radical (unpaired) electrons. The zero-order chi connectivity index (χ0) is 19.5. The molecule has 28 heavy (non-hydrogen) atoms. The van der Waals surface area contributed by atoms with Crippen LogP contribution < -0.4 is 9.47 Å². The Labute approximate surface area is 170 Å². The summed E-state index contributed by atoms with van der Waals surface area (Å²) < 4.78 is 17.2. The molecule has 1 fully saturated rings. The van der Waals surface area contributed by atoms with E-state index in [0.717, 1.165) is 35.3 Å². The average molecular weight is 400 g/mol. The van der Waals surface area contributed by atoms with Gasteiger partial charge >= 0.3 is 0 Å². The fourth-order valence-electron chi connectivity index (χ4n) is 3.75. The highest BCUT2D eigenvalue weighted by Crippen LogP contribution is 2.39. The van der Waals surface area contributed by atoms with Crippen LogP contribution in [0.15, 0.2) is 41.3 Å². The van der Waals surface area contributed by atoms with E-state index in [4.69, 9.17) is 14.2 Å². The summed E-state index contributed by atoms with van der Waals surface area (Å²) in [5.41, 5.74) is 3.13. The number of nitrogens with zero attached hydrogens (tertiary/aromatic N) is 1. The molecule has 2 aliphatic heterocycles. The van der Waals surface area contributed by atoms with Gasteiger partial charge in [-0.25, -0.2) is 0 Å². The zero-order valence-electron chi connectivity index (χ0n) is 16.3. The second-order valence-corrected chi connectivity index (χ2v) is 7.88. The first kappa shape index (κ1) is 19.2. The normalized spacial score (nSPS) is 18.9. The first-order valence-corrected chi connectivity index (χ1v) is 10.8. The number of amides is 1. The van der Waals surface area contributed by atoms with Crippen molar-refractivity contribution in [2.75, 3.05) is 33.1 Å². The molecule has 0 unspecified atom stereocenters. The lowest BCUT2D eigenvalue weighted by Gasteiger charge is -2.23. The third-order valence-electron chi connectivity index (χ3n) is 5.26. The van der Waals surface area contributed by atoms with E-state index >= 15 is 0 Å². The van der Waals surface area contributed by atoms with Crippen molar-refractivity contribution in [1.29, 1.82) is 0 Å². The largest absolute Gasteiger partial charge is 0.493 e. The second kappa shape index (κ2) is 8.45. The molecule has 0 spiro atoms. The Morgan fingerprint density at radius 2 is 2.00 bits per heavy atom. The summed E-state index contributed by atoms with van der Waals surface area (Å²) in [6.07, 6.45) is 3.50. The zero-order valence-corrected chi connectivity index (χ0v) is 17.1. The molecular formula is C22H25NO4S. The fraction of sp³-hybridized carbons (Fsp3) is 0.409. The second-order valence-electron chi connectivity index (χ2n) is 7.01. The van der Waals surface area contributed by atoms with Crippen molar-refractivity contribution in [3.05, 3.63) is 42.0 Å². The third kappa shape index (κ3) is 3.84. The molecule has 0 aliphatic carbocycles. The van der Waals surface area contributed by atoms with Crippen LogP contribution in [0, 0.1) is 0 Å². The molecule has 2 aliphatic rings. The number of hydrogen-bond donors (Lipinski definition) is 0. The van der Waals surface area contributed by atoms with Gasteiger partial charge in [0.15, 0.2) is 11.5 Å². The lowest BCUT2D eigenvalue weighted by Crippen LogP contribution is -2.39. The molecule has 6 heteroatoms. The summed E-state index contributed by atoms with van der Waals surface area (Å²) in [4.78, 5) is 15.9. The van der Waals surface area contributed by atoms with E-state index < -0.39 is 0 Å². The van der Waals surface area contributed by atoms with Crippen LogP contribution in [0.5, 0.6) is 11.5 Å². The molecule has 0 aromatic heterocycles. The Hall–Kier alpha value is -2.18. The molecule has 5 nitrogen and oxygen atoms in total. The van der Waals surface area contributed by atoms with E-state index in [1.807, 2.05) is 11.0 Å². The fourth-order valence-corrected chi connectivity index (χ4v) is 4.16. The van der Waals surface area contributed by atoms with Crippen molar-refractivity contribution < 1.29 is 19.0 Å². The Morgan fingerprint density at radius 3 is 2.68 bits per heavy atom. The maximum atomic E-state index is 12.9. The number of methoxy groups -OCH3 is 1. The molecule has 2 aromatic rings. The van der Waals surface area contributed by atoms with Crippen molar-refractivity contribution >= 4 is 17.7 Å². The standard InChI is InChI=1S/C22H25NO4S/c1-25-20-13-16(15-5-7-18(28-2)8-6-15)12-17-14-23(9-11-27-21(17)20)22(24)19-4-3-10-26-19/h5-8,12-13,19H,3-4,9-11,14H2,1-2H3/t19-/m1/s1. The van der Waals surface area contributed by atoms with Crippen molar-refractivity contribution in [3.63, 3.8) is 0 Å². The molecule has 1 atom stereocenters. The number of hydrogen-bond acceptors (Lipinski definition) is 5. The first-order chi connectivity index (χ1) is 13.7. The maximum Gasteiger partial charge on any atom is 0.252 e. The predicted molar refractivity (Wildman–Crippen MR) is 110 cm³/mol. The number of ether oxygens (including phenoxy) is 3. The van der Waals surface area contributed by atoms with Crippen LogP contribution in [0.4, 0.5) is 0 Å². The summed E-state index contributed by atoms with van der Waals surface area (Å²) in [6.45, 7) is 2.17. The van der Waals surface area contributed by atoms with E-state index in [1.54, 1.807) is 18.9 Å². The van der Waals surface area contributed by atoms with Gasteiger partial charge in [0.05, 0.1) is 13.7 Å². The Kier molecular flexibility index (Phi) is 5.78. The lowest BCUT2D eigenvalue weighted by molar-refractivity contribution is -0.141. The Balaban J connectivity index is 1.66.